The fourth-order valence-electron chi connectivity index (χ4n) is 6.73. The molecule has 0 aromatic rings. The van der Waals surface area contributed by atoms with Crippen LogP contribution in [0.15, 0.2) is 60.8 Å². The molecule has 1 fully saturated rings. The molecule has 1 rings (SSSR count). The largest absolute Gasteiger partial charge is 0.394 e. The average molecular weight is 790 g/mol. The molecule has 0 radical (unpaired) electrons. The SMILES string of the molecule is CC/C=C\C/C=C\C/C=C\C/C=C\CCCCCCCCCCC(=O)NC(COC1OC(CO)C(O)C(O)C1O)C(O)/C=C/CCCCCCCCCCCC. The number of carbonyl (C=O) groups is 1. The molecular weight excluding hydrogens is 707 g/mol. The van der Waals surface area contributed by atoms with Crippen LogP contribution < -0.4 is 5.32 Å². The summed E-state index contributed by atoms with van der Waals surface area (Å²) in [5.41, 5.74) is 0. The summed E-state index contributed by atoms with van der Waals surface area (Å²) in [5.74, 6) is -0.189. The Kier molecular flexibility index (Phi) is 34.5. The summed E-state index contributed by atoms with van der Waals surface area (Å²) >= 11 is 0. The third-order valence-corrected chi connectivity index (χ3v) is 10.3. The van der Waals surface area contributed by atoms with Crippen LogP contribution in [0.4, 0.5) is 0 Å². The van der Waals surface area contributed by atoms with Gasteiger partial charge in [-0.3, -0.25) is 4.79 Å². The number of carbonyl (C=O) groups excluding carboxylic acids is 1. The second kappa shape index (κ2) is 37.2. The fraction of sp³-hybridized carbons (Fsp3) is 0.766. The summed E-state index contributed by atoms with van der Waals surface area (Å²) in [5, 5.41) is 54.1. The van der Waals surface area contributed by atoms with E-state index in [0.717, 1.165) is 77.0 Å². The van der Waals surface area contributed by atoms with Gasteiger partial charge >= 0.3 is 0 Å². The van der Waals surface area contributed by atoms with E-state index in [1.807, 2.05) is 6.08 Å². The molecule has 6 N–H and O–H groups in total. The Bertz CT molecular complexity index is 1060. The Hall–Kier alpha value is -2.11. The molecule has 0 saturated carbocycles. The van der Waals surface area contributed by atoms with Gasteiger partial charge in [0.25, 0.3) is 0 Å². The first-order valence-corrected chi connectivity index (χ1v) is 22.5. The van der Waals surface area contributed by atoms with Crippen molar-refractivity contribution in [2.75, 3.05) is 13.2 Å². The first-order valence-electron chi connectivity index (χ1n) is 22.5. The number of hydrogen-bond acceptors (Lipinski definition) is 8. The van der Waals surface area contributed by atoms with Crippen molar-refractivity contribution in [1.29, 1.82) is 0 Å². The Morgan fingerprint density at radius 3 is 1.64 bits per heavy atom. The van der Waals surface area contributed by atoms with Gasteiger partial charge < -0.3 is 40.3 Å². The molecule has 0 bridgehead atoms. The highest BCUT2D eigenvalue weighted by Gasteiger charge is 2.44. The lowest BCUT2D eigenvalue weighted by atomic mass is 9.99. The van der Waals surface area contributed by atoms with Crippen molar-refractivity contribution in [1.82, 2.24) is 5.32 Å². The highest BCUT2D eigenvalue weighted by molar-refractivity contribution is 5.76. The van der Waals surface area contributed by atoms with Crippen molar-refractivity contribution in [2.24, 2.45) is 0 Å². The van der Waals surface area contributed by atoms with Crippen LogP contribution in [-0.4, -0.2) is 87.5 Å². The zero-order chi connectivity index (χ0) is 40.9. The molecule has 1 aliphatic heterocycles. The van der Waals surface area contributed by atoms with Gasteiger partial charge in [0.1, 0.15) is 24.4 Å². The van der Waals surface area contributed by atoms with Crippen LogP contribution in [0.1, 0.15) is 174 Å². The quantitative estimate of drug-likeness (QED) is 0.0272. The van der Waals surface area contributed by atoms with E-state index < -0.39 is 49.5 Å². The van der Waals surface area contributed by atoms with Crippen molar-refractivity contribution < 1.29 is 39.8 Å². The monoisotopic (exact) mass is 790 g/mol. The number of nitrogens with one attached hydrogen (secondary N) is 1. The number of allylic oxidation sites excluding steroid dienone is 9. The summed E-state index contributed by atoms with van der Waals surface area (Å²) in [4.78, 5) is 12.9. The molecule has 9 heteroatoms. The number of amides is 1. The number of unbranched alkanes of at least 4 members (excludes halogenated alkanes) is 18. The van der Waals surface area contributed by atoms with E-state index in [-0.39, 0.29) is 12.5 Å². The van der Waals surface area contributed by atoms with E-state index in [9.17, 15) is 30.3 Å². The molecule has 0 spiro atoms. The van der Waals surface area contributed by atoms with Crippen molar-refractivity contribution >= 4 is 5.91 Å². The molecule has 1 amide bonds. The maximum absolute atomic E-state index is 12.9. The minimum Gasteiger partial charge on any atom is -0.394 e. The number of rotatable bonds is 36. The van der Waals surface area contributed by atoms with Gasteiger partial charge in [0.2, 0.25) is 5.91 Å². The number of hydrogen-bond donors (Lipinski definition) is 6. The molecule has 1 saturated heterocycles. The summed E-state index contributed by atoms with van der Waals surface area (Å²) in [6.45, 7) is 3.63. The van der Waals surface area contributed by atoms with Gasteiger partial charge in [-0.05, 0) is 57.8 Å². The van der Waals surface area contributed by atoms with Crippen molar-refractivity contribution in [2.45, 2.75) is 217 Å². The average Bonchev–Trinajstić information content (AvgIpc) is 3.20. The van der Waals surface area contributed by atoms with Crippen molar-refractivity contribution in [3.63, 3.8) is 0 Å². The van der Waals surface area contributed by atoms with Crippen LogP contribution in [0, 0.1) is 0 Å². The van der Waals surface area contributed by atoms with Gasteiger partial charge in [0.15, 0.2) is 6.29 Å². The van der Waals surface area contributed by atoms with Gasteiger partial charge in [0.05, 0.1) is 25.4 Å². The first kappa shape index (κ1) is 51.9. The van der Waals surface area contributed by atoms with E-state index in [2.05, 4.69) is 67.8 Å². The molecule has 0 aliphatic carbocycles. The van der Waals surface area contributed by atoms with Crippen LogP contribution in [0.25, 0.3) is 0 Å². The summed E-state index contributed by atoms with van der Waals surface area (Å²) in [7, 11) is 0. The van der Waals surface area contributed by atoms with Crippen molar-refractivity contribution in [3.8, 4) is 0 Å². The second-order valence-corrected chi connectivity index (χ2v) is 15.5. The lowest BCUT2D eigenvalue weighted by molar-refractivity contribution is -0.302. The van der Waals surface area contributed by atoms with Crippen LogP contribution >= 0.6 is 0 Å². The van der Waals surface area contributed by atoms with Gasteiger partial charge in [-0.1, -0.05) is 171 Å². The van der Waals surface area contributed by atoms with E-state index in [1.165, 1.54) is 77.0 Å². The maximum Gasteiger partial charge on any atom is 0.220 e. The van der Waals surface area contributed by atoms with Gasteiger partial charge in [-0.25, -0.2) is 0 Å². The van der Waals surface area contributed by atoms with E-state index in [0.29, 0.717) is 6.42 Å². The van der Waals surface area contributed by atoms with E-state index in [1.54, 1.807) is 6.08 Å². The standard InChI is InChI=1S/C47H83NO8/c1-3-5-7-9-11-13-15-17-18-19-20-21-22-23-24-25-27-29-31-33-35-37-43(51)48-40(39-55-47-46(54)45(53)44(52)42(38-49)56-47)41(50)36-34-32-30-28-26-16-14-12-10-8-6-4-2/h5,7,11,13,17-18,20-21,34,36,40-42,44-47,49-50,52-54H,3-4,6,8-10,12,14-16,19,22-33,35,37-39H2,1-2H3,(H,48,51)/b7-5-,13-11-,18-17-,21-20-,36-34+. The topological polar surface area (TPSA) is 149 Å². The Morgan fingerprint density at radius 1 is 0.625 bits per heavy atom. The molecule has 7 atom stereocenters. The predicted octanol–water partition coefficient (Wildman–Crippen LogP) is 9.22. The summed E-state index contributed by atoms with van der Waals surface area (Å²) in [6.07, 6.45) is 41.1. The number of aliphatic hydroxyl groups excluding tert-OH is 5. The molecule has 7 unspecified atom stereocenters. The van der Waals surface area contributed by atoms with E-state index in [4.69, 9.17) is 9.47 Å². The lowest BCUT2D eigenvalue weighted by Gasteiger charge is -2.40. The molecule has 9 nitrogen and oxygen atoms in total. The van der Waals surface area contributed by atoms with Gasteiger partial charge in [0, 0.05) is 6.42 Å². The Morgan fingerprint density at radius 2 is 1.11 bits per heavy atom. The first-order chi connectivity index (χ1) is 27.3. The molecule has 324 valence electrons. The molecule has 1 aliphatic rings. The molecular formula is C47H83NO8. The third-order valence-electron chi connectivity index (χ3n) is 10.3. The van der Waals surface area contributed by atoms with Crippen LogP contribution in [0.2, 0.25) is 0 Å². The lowest BCUT2D eigenvalue weighted by Crippen LogP contribution is -2.60. The predicted molar refractivity (Wildman–Crippen MR) is 230 cm³/mol. The van der Waals surface area contributed by atoms with Crippen molar-refractivity contribution in [3.05, 3.63) is 60.8 Å². The van der Waals surface area contributed by atoms with Crippen LogP contribution in [0.3, 0.4) is 0 Å². The highest BCUT2D eigenvalue weighted by atomic mass is 16.7. The minimum atomic E-state index is -1.57. The Balaban J connectivity index is 2.34. The van der Waals surface area contributed by atoms with E-state index >= 15 is 0 Å². The third kappa shape index (κ3) is 27.5. The number of ether oxygens (including phenoxy) is 2. The normalized spacial score (nSPS) is 21.7. The van der Waals surface area contributed by atoms with Gasteiger partial charge in [-0.15, -0.1) is 0 Å². The van der Waals surface area contributed by atoms with Crippen LogP contribution in [0.5, 0.6) is 0 Å². The molecule has 0 aromatic heterocycles. The summed E-state index contributed by atoms with van der Waals surface area (Å²) < 4.78 is 11.2. The second-order valence-electron chi connectivity index (χ2n) is 15.5. The zero-order valence-electron chi connectivity index (χ0n) is 35.4. The zero-order valence-corrected chi connectivity index (χ0v) is 35.4. The Labute approximate surface area is 341 Å². The molecule has 56 heavy (non-hydrogen) atoms. The maximum atomic E-state index is 12.9. The highest BCUT2D eigenvalue weighted by Crippen LogP contribution is 2.22. The number of aliphatic hydroxyl groups is 5. The molecule has 0 aromatic carbocycles. The smallest absolute Gasteiger partial charge is 0.220 e. The summed E-state index contributed by atoms with van der Waals surface area (Å²) in [6, 6.07) is -0.810. The fourth-order valence-corrected chi connectivity index (χ4v) is 6.73. The molecule has 1 heterocycles. The van der Waals surface area contributed by atoms with Gasteiger partial charge in [-0.2, -0.15) is 0 Å². The minimum absolute atomic E-state index is 0.189. The van der Waals surface area contributed by atoms with Crippen LogP contribution in [-0.2, 0) is 14.3 Å².